The van der Waals surface area contributed by atoms with Gasteiger partial charge in [0.1, 0.15) is 23.6 Å². The maximum absolute atomic E-state index is 15.0. The van der Waals surface area contributed by atoms with Gasteiger partial charge >= 0.3 is 11.7 Å². The molecule has 1 amide bonds. The highest BCUT2D eigenvalue weighted by Crippen LogP contribution is 2.34. The number of amides is 1. The summed E-state index contributed by atoms with van der Waals surface area (Å²) in [7, 11) is 1.43. The van der Waals surface area contributed by atoms with E-state index in [1.807, 2.05) is 0 Å². The molecular formula is C30H26FN5O6. The second kappa shape index (κ2) is 10.5. The number of rotatable bonds is 7. The maximum Gasteiger partial charge on any atom is 0.336 e. The van der Waals surface area contributed by atoms with E-state index in [-0.39, 0.29) is 45.4 Å². The van der Waals surface area contributed by atoms with Crippen LogP contribution >= 0.6 is 0 Å². The minimum Gasteiger partial charge on any atom is -0.480 e. The van der Waals surface area contributed by atoms with Gasteiger partial charge in [-0.3, -0.25) is 32.9 Å². The molecule has 0 aliphatic heterocycles. The summed E-state index contributed by atoms with van der Waals surface area (Å²) in [6.07, 6.45) is 6.55. The number of terminal acetylenes is 1. The van der Waals surface area contributed by atoms with E-state index in [1.165, 1.54) is 60.4 Å². The van der Waals surface area contributed by atoms with Crippen molar-refractivity contribution >= 4 is 40.0 Å². The number of hydrogen-bond acceptors (Lipinski definition) is 6. The SMILES string of the molecule is C#Cc1ccc(Nc2c3c(=O)n(C4CC4)c(=O)n(-c4cccc(N(CC(=O)O)C(C)=O)c4)c3c(C)c(=O)n2C)c(F)c1. The van der Waals surface area contributed by atoms with Crippen LogP contribution in [0.15, 0.2) is 56.8 Å². The Kier molecular flexibility index (Phi) is 7.03. The average molecular weight is 572 g/mol. The van der Waals surface area contributed by atoms with Crippen LogP contribution in [0, 0.1) is 25.1 Å². The third-order valence-corrected chi connectivity index (χ3v) is 7.22. The number of carbonyl (C=O) groups excluding carboxylic acids is 1. The number of nitrogens with zero attached hydrogens (tertiary/aromatic N) is 4. The molecule has 2 N–H and O–H groups in total. The Hall–Kier alpha value is -5.44. The van der Waals surface area contributed by atoms with Gasteiger partial charge in [-0.25, -0.2) is 9.18 Å². The van der Waals surface area contributed by atoms with Crippen LogP contribution in [0.25, 0.3) is 16.6 Å². The largest absolute Gasteiger partial charge is 0.480 e. The van der Waals surface area contributed by atoms with Gasteiger partial charge in [0.05, 0.1) is 16.9 Å². The second-order valence-corrected chi connectivity index (χ2v) is 10.1. The fourth-order valence-corrected chi connectivity index (χ4v) is 5.01. The number of aromatic nitrogens is 3. The first-order valence-corrected chi connectivity index (χ1v) is 13.0. The summed E-state index contributed by atoms with van der Waals surface area (Å²) in [6.45, 7) is 2.07. The number of benzene rings is 2. The topological polar surface area (TPSA) is 136 Å². The van der Waals surface area contributed by atoms with E-state index < -0.39 is 41.0 Å². The predicted molar refractivity (Wildman–Crippen MR) is 155 cm³/mol. The van der Waals surface area contributed by atoms with Crippen molar-refractivity contribution in [2.75, 3.05) is 16.8 Å². The summed E-state index contributed by atoms with van der Waals surface area (Å²) < 4.78 is 18.5. The fraction of sp³-hybridized carbons (Fsp3) is 0.233. The van der Waals surface area contributed by atoms with E-state index >= 15 is 0 Å². The van der Waals surface area contributed by atoms with E-state index in [2.05, 4.69) is 11.2 Å². The smallest absolute Gasteiger partial charge is 0.336 e. The van der Waals surface area contributed by atoms with Crippen molar-refractivity contribution in [3.05, 3.63) is 90.6 Å². The van der Waals surface area contributed by atoms with E-state index in [0.717, 1.165) is 15.5 Å². The van der Waals surface area contributed by atoms with Crippen molar-refractivity contribution in [1.29, 1.82) is 0 Å². The lowest BCUT2D eigenvalue weighted by Crippen LogP contribution is -2.41. The molecule has 214 valence electrons. The number of hydrogen-bond donors (Lipinski definition) is 2. The molecule has 0 atom stereocenters. The molecule has 1 fully saturated rings. The van der Waals surface area contributed by atoms with Crippen molar-refractivity contribution in [2.24, 2.45) is 7.05 Å². The van der Waals surface area contributed by atoms with Gasteiger partial charge in [-0.1, -0.05) is 12.0 Å². The van der Waals surface area contributed by atoms with Gasteiger partial charge < -0.3 is 15.3 Å². The lowest BCUT2D eigenvalue weighted by molar-refractivity contribution is -0.136. The van der Waals surface area contributed by atoms with Crippen LogP contribution in [0.2, 0.25) is 0 Å². The number of fused-ring (bicyclic) bond motifs is 1. The summed E-state index contributed by atoms with van der Waals surface area (Å²) in [5.74, 6) is -0.177. The molecule has 0 bridgehead atoms. The monoisotopic (exact) mass is 571 g/mol. The van der Waals surface area contributed by atoms with Crippen LogP contribution in [0.1, 0.15) is 36.9 Å². The van der Waals surface area contributed by atoms with Gasteiger partial charge in [-0.05, 0) is 56.2 Å². The first-order valence-electron chi connectivity index (χ1n) is 13.0. The summed E-state index contributed by atoms with van der Waals surface area (Å²) in [4.78, 5) is 66.1. The summed E-state index contributed by atoms with van der Waals surface area (Å²) in [6, 6.07) is 9.69. The van der Waals surface area contributed by atoms with E-state index in [0.29, 0.717) is 18.4 Å². The molecule has 12 heteroatoms. The molecule has 1 saturated carbocycles. The second-order valence-electron chi connectivity index (χ2n) is 10.1. The molecule has 2 heterocycles. The number of halogens is 1. The maximum atomic E-state index is 15.0. The zero-order valence-electron chi connectivity index (χ0n) is 23.0. The van der Waals surface area contributed by atoms with Gasteiger partial charge in [-0.2, -0.15) is 0 Å². The normalized spacial score (nSPS) is 12.6. The lowest BCUT2D eigenvalue weighted by atomic mass is 10.1. The predicted octanol–water partition coefficient (Wildman–Crippen LogP) is 2.80. The molecule has 0 saturated heterocycles. The molecule has 11 nitrogen and oxygen atoms in total. The molecule has 0 spiro atoms. The van der Waals surface area contributed by atoms with Crippen molar-refractivity contribution in [3.63, 3.8) is 0 Å². The van der Waals surface area contributed by atoms with Crippen molar-refractivity contribution in [3.8, 4) is 18.0 Å². The minimum atomic E-state index is -1.24. The number of pyridine rings is 1. The number of carboxylic acid groups (broad SMARTS) is 1. The zero-order valence-corrected chi connectivity index (χ0v) is 23.0. The van der Waals surface area contributed by atoms with Crippen molar-refractivity contribution in [1.82, 2.24) is 13.7 Å². The quantitative estimate of drug-likeness (QED) is 0.326. The molecule has 1 aliphatic rings. The highest BCUT2D eigenvalue weighted by Gasteiger charge is 2.32. The number of anilines is 3. The van der Waals surface area contributed by atoms with E-state index in [9.17, 15) is 33.5 Å². The average Bonchev–Trinajstić information content (AvgIpc) is 3.78. The number of nitrogens with one attached hydrogen (secondary N) is 1. The van der Waals surface area contributed by atoms with Crippen molar-refractivity contribution < 1.29 is 19.1 Å². The molecule has 0 unspecified atom stereocenters. The fourth-order valence-electron chi connectivity index (χ4n) is 5.01. The molecule has 4 aromatic rings. The molecule has 2 aromatic carbocycles. The standard InChI is InChI=1S/C30H26FN5O6/c1-5-18-9-12-23(22(31)13-18)32-27-25-26(16(2)28(40)33(27)4)35(30(42)36(29(25)41)19-10-11-19)21-8-6-7-20(14-21)34(17(3)37)15-24(38)39/h1,6-9,12-14,19,32H,10-11,15H2,2-4H3,(H,38,39). The molecule has 42 heavy (non-hydrogen) atoms. The Balaban J connectivity index is 1.86. The highest BCUT2D eigenvalue weighted by molar-refractivity contribution is 5.97. The third kappa shape index (κ3) is 4.75. The van der Waals surface area contributed by atoms with Gasteiger partial charge in [0, 0.05) is 36.8 Å². The first-order chi connectivity index (χ1) is 19.9. The number of carbonyl (C=O) groups is 2. The summed E-state index contributed by atoms with van der Waals surface area (Å²) >= 11 is 0. The van der Waals surface area contributed by atoms with Crippen LogP contribution < -0.4 is 27.0 Å². The minimum absolute atomic E-state index is 0.00193. The number of carboxylic acids is 1. The summed E-state index contributed by atoms with van der Waals surface area (Å²) in [5, 5.41) is 12.2. The molecule has 1 aliphatic carbocycles. The Morgan fingerprint density at radius 2 is 1.86 bits per heavy atom. The molecule has 5 rings (SSSR count). The van der Waals surface area contributed by atoms with Gasteiger partial charge in [0.15, 0.2) is 0 Å². The van der Waals surface area contributed by atoms with Crippen LogP contribution in [0.3, 0.4) is 0 Å². The Labute approximate surface area is 238 Å². The summed E-state index contributed by atoms with van der Waals surface area (Å²) in [5.41, 5.74) is -1.17. The number of aryl methyl sites for hydroxylation is 1. The molecule has 0 radical (unpaired) electrons. The molecular weight excluding hydrogens is 545 g/mol. The van der Waals surface area contributed by atoms with Crippen molar-refractivity contribution in [2.45, 2.75) is 32.7 Å². The van der Waals surface area contributed by atoms with E-state index in [4.69, 9.17) is 6.42 Å². The van der Waals surface area contributed by atoms with Crippen LogP contribution in [-0.2, 0) is 16.6 Å². The van der Waals surface area contributed by atoms with Crippen LogP contribution in [0.5, 0.6) is 0 Å². The zero-order chi connectivity index (χ0) is 30.5. The number of aliphatic carboxylic acids is 1. The Morgan fingerprint density at radius 3 is 2.45 bits per heavy atom. The first kappa shape index (κ1) is 28.1. The van der Waals surface area contributed by atoms with Gasteiger partial charge in [-0.15, -0.1) is 6.42 Å². The Bertz CT molecular complexity index is 2030. The van der Waals surface area contributed by atoms with E-state index in [1.54, 1.807) is 6.07 Å². The highest BCUT2D eigenvalue weighted by atomic mass is 19.1. The lowest BCUT2D eigenvalue weighted by Gasteiger charge is -2.22. The van der Waals surface area contributed by atoms with Gasteiger partial charge in [0.25, 0.3) is 11.1 Å². The molecule has 2 aromatic heterocycles. The Morgan fingerprint density at radius 1 is 1.14 bits per heavy atom. The third-order valence-electron chi connectivity index (χ3n) is 7.22. The van der Waals surface area contributed by atoms with Crippen LogP contribution in [-0.4, -0.2) is 37.2 Å². The van der Waals surface area contributed by atoms with Crippen LogP contribution in [0.4, 0.5) is 21.6 Å². The van der Waals surface area contributed by atoms with Gasteiger partial charge in [0.2, 0.25) is 5.91 Å².